The topological polar surface area (TPSA) is 242 Å². The normalized spacial score (nSPS) is 12.9. The average molecular weight is 1070 g/mol. The van der Waals surface area contributed by atoms with Crippen molar-refractivity contribution in [2.75, 3.05) is 52.6 Å². The van der Waals surface area contributed by atoms with E-state index in [4.69, 9.17) is 18.9 Å². The molecule has 414 valence electrons. The fraction of sp³-hybridized carbons (Fsp3) is 0.344. The van der Waals surface area contributed by atoms with E-state index < -0.39 is 59.8 Å². The minimum Gasteiger partial charge on any atom is -0.464 e. The summed E-state index contributed by atoms with van der Waals surface area (Å²) in [6.45, 7) is 2.42. The van der Waals surface area contributed by atoms with Gasteiger partial charge in [-0.3, -0.25) is 28.8 Å². The van der Waals surface area contributed by atoms with Gasteiger partial charge < -0.3 is 55.2 Å². The molecule has 0 bridgehead atoms. The van der Waals surface area contributed by atoms with Crippen LogP contribution in [-0.2, 0) is 47.7 Å². The number of benzene rings is 5. The molecular formula is C61H66N7O11-3. The highest BCUT2D eigenvalue weighted by atomic mass is 16.6. The van der Waals surface area contributed by atoms with Gasteiger partial charge in [0.25, 0.3) is 0 Å². The number of unbranched alkanes of at least 4 members (excludes halogenated alkanes) is 1. The number of fused-ring (bicyclic) bond motifs is 3. The molecule has 4 amide bonds. The summed E-state index contributed by atoms with van der Waals surface area (Å²) in [5.41, 5.74) is 6.19. The maximum atomic E-state index is 14.4. The van der Waals surface area contributed by atoms with Gasteiger partial charge in [-0.05, 0) is 47.9 Å². The molecule has 5 aromatic carbocycles. The highest BCUT2D eigenvalue weighted by Gasteiger charge is 2.33. The first kappa shape index (κ1) is 59.4. The first-order chi connectivity index (χ1) is 38.6. The van der Waals surface area contributed by atoms with Gasteiger partial charge in [0.05, 0.1) is 19.6 Å². The van der Waals surface area contributed by atoms with Gasteiger partial charge in [-0.15, -0.1) is 108 Å². The Labute approximate surface area is 460 Å². The SMILES string of the molecule is CCCCNC(=O)[C@H](CCC(=O)OCCN=Cc1[c-]cccc1)NC(=O)[C@H](CCC(=O)OCCN=Cc1[c-]cccc1)NC(=O)[C@H](CCC(=O)OCCN=Cc1[c-]cccc1)NC(=O)OCC1c2ccccc2-c2ccccc21. The van der Waals surface area contributed by atoms with Crippen LogP contribution in [0, 0.1) is 18.2 Å². The van der Waals surface area contributed by atoms with Crippen LogP contribution >= 0.6 is 0 Å². The fourth-order valence-corrected chi connectivity index (χ4v) is 8.24. The Hall–Kier alpha value is -8.80. The second-order valence-corrected chi connectivity index (χ2v) is 18.1. The molecule has 0 saturated heterocycles. The number of carbonyl (C=O) groups is 7. The number of esters is 3. The summed E-state index contributed by atoms with van der Waals surface area (Å²) in [6.07, 6.45) is 3.43. The maximum Gasteiger partial charge on any atom is 0.407 e. The Bertz CT molecular complexity index is 2800. The third-order valence-corrected chi connectivity index (χ3v) is 12.3. The van der Waals surface area contributed by atoms with Gasteiger partial charge >= 0.3 is 24.0 Å². The molecular weight excluding hydrogens is 1010 g/mol. The van der Waals surface area contributed by atoms with E-state index in [0.717, 1.165) is 45.4 Å². The van der Waals surface area contributed by atoms with Gasteiger partial charge in [-0.2, -0.15) is 0 Å². The number of carbonyl (C=O) groups excluding carboxylic acids is 7. The van der Waals surface area contributed by atoms with Crippen LogP contribution in [-0.4, -0.2) is 131 Å². The molecule has 1 aliphatic carbocycles. The van der Waals surface area contributed by atoms with E-state index in [2.05, 4.69) is 54.4 Å². The summed E-state index contributed by atoms with van der Waals surface area (Å²) in [6, 6.07) is 42.1. The van der Waals surface area contributed by atoms with Gasteiger partial charge in [-0.25, -0.2) is 4.79 Å². The molecule has 0 radical (unpaired) electrons. The summed E-state index contributed by atoms with van der Waals surface area (Å²) >= 11 is 0. The van der Waals surface area contributed by atoms with E-state index in [1.165, 1.54) is 0 Å². The Balaban J connectivity index is 1.15. The molecule has 79 heavy (non-hydrogen) atoms. The zero-order chi connectivity index (χ0) is 55.9. The van der Waals surface area contributed by atoms with Gasteiger partial charge in [-0.1, -0.05) is 80.5 Å². The number of aliphatic imine (C=N–C) groups is 3. The van der Waals surface area contributed by atoms with Crippen LogP contribution in [0.5, 0.6) is 0 Å². The minimum atomic E-state index is -1.51. The monoisotopic (exact) mass is 1070 g/mol. The lowest BCUT2D eigenvalue weighted by Gasteiger charge is -2.25. The van der Waals surface area contributed by atoms with Gasteiger partial charge in [0, 0.05) is 31.7 Å². The molecule has 18 heteroatoms. The number of alkyl carbamates (subject to hydrolysis) is 1. The van der Waals surface area contributed by atoms with E-state index in [0.29, 0.717) is 6.42 Å². The van der Waals surface area contributed by atoms with Crippen LogP contribution in [0.1, 0.15) is 92.0 Å². The highest BCUT2D eigenvalue weighted by molar-refractivity contribution is 5.94. The molecule has 0 aliphatic heterocycles. The van der Waals surface area contributed by atoms with Crippen molar-refractivity contribution >= 4 is 60.4 Å². The number of nitrogens with one attached hydrogen (secondary N) is 4. The molecule has 0 unspecified atom stereocenters. The smallest absolute Gasteiger partial charge is 0.407 e. The van der Waals surface area contributed by atoms with Gasteiger partial charge in [0.15, 0.2) is 0 Å². The Morgan fingerprint density at radius 1 is 0.506 bits per heavy atom. The number of amides is 4. The summed E-state index contributed by atoms with van der Waals surface area (Å²) in [4.78, 5) is 108. The summed E-state index contributed by atoms with van der Waals surface area (Å²) in [5, 5.41) is 10.7. The van der Waals surface area contributed by atoms with Crippen molar-refractivity contribution < 1.29 is 52.5 Å². The predicted octanol–water partition coefficient (Wildman–Crippen LogP) is 6.51. The standard InChI is InChI=1S/C61H66N7O11/c1-2-3-33-65-58(72)52(27-30-55(69)76-37-34-62-40-44-17-7-4-8-18-44)66-59(73)53(28-31-56(70)77-38-35-63-41-45-19-9-5-10-20-45)67-60(74)54(29-32-57(71)78-39-36-64-42-46-21-11-6-12-22-46)68-61(75)79-43-51-49-25-15-13-23-47(49)48-24-14-16-26-50(48)51/h4-17,19,21,23-26,40-42,51-54H,2-3,27-39,43H2,1H3,(H,65,72)(H,66,73)(H,67,74)(H,68,75)/q-3/t52-,53-,54-/m0/s1. The molecule has 3 atom stereocenters. The van der Waals surface area contributed by atoms with Crippen LogP contribution in [0.15, 0.2) is 136 Å². The van der Waals surface area contributed by atoms with Crippen LogP contribution in [0.25, 0.3) is 11.1 Å². The molecule has 0 aromatic heterocycles. The van der Waals surface area contributed by atoms with Crippen molar-refractivity contribution in [3.63, 3.8) is 0 Å². The predicted molar refractivity (Wildman–Crippen MR) is 298 cm³/mol. The van der Waals surface area contributed by atoms with Gasteiger partial charge in [0.2, 0.25) is 17.7 Å². The lowest BCUT2D eigenvalue weighted by Crippen LogP contribution is -2.57. The highest BCUT2D eigenvalue weighted by Crippen LogP contribution is 2.44. The quantitative estimate of drug-likeness (QED) is 0.0119. The second-order valence-electron chi connectivity index (χ2n) is 18.1. The molecule has 0 fully saturated rings. The summed E-state index contributed by atoms with van der Waals surface area (Å²) in [7, 11) is 0. The summed E-state index contributed by atoms with van der Waals surface area (Å²) in [5.74, 6) is -4.73. The van der Waals surface area contributed by atoms with E-state index in [9.17, 15) is 33.6 Å². The second kappa shape index (κ2) is 33.4. The third kappa shape index (κ3) is 20.9. The maximum absolute atomic E-state index is 14.4. The number of ether oxygens (including phenoxy) is 4. The molecule has 4 N–H and O–H groups in total. The van der Waals surface area contributed by atoms with Crippen molar-refractivity contribution in [3.8, 4) is 11.1 Å². The van der Waals surface area contributed by atoms with E-state index in [1.54, 1.807) is 36.8 Å². The number of hydrogen-bond donors (Lipinski definition) is 4. The molecule has 0 saturated carbocycles. The lowest BCUT2D eigenvalue weighted by molar-refractivity contribution is -0.145. The van der Waals surface area contributed by atoms with E-state index >= 15 is 0 Å². The van der Waals surface area contributed by atoms with Crippen LogP contribution in [0.4, 0.5) is 4.79 Å². The summed E-state index contributed by atoms with van der Waals surface area (Å²) < 4.78 is 21.9. The van der Waals surface area contributed by atoms with E-state index in [-0.39, 0.29) is 97.0 Å². The Kier molecular flexibility index (Phi) is 25.1. The molecule has 5 aromatic rings. The van der Waals surface area contributed by atoms with Crippen molar-refractivity contribution in [2.45, 2.75) is 82.3 Å². The van der Waals surface area contributed by atoms with Crippen molar-refractivity contribution in [1.29, 1.82) is 0 Å². The number of rotatable bonds is 32. The zero-order valence-corrected chi connectivity index (χ0v) is 44.2. The molecule has 0 heterocycles. The fourth-order valence-electron chi connectivity index (χ4n) is 8.24. The first-order valence-corrected chi connectivity index (χ1v) is 26.4. The van der Waals surface area contributed by atoms with Gasteiger partial charge in [0.1, 0.15) is 44.6 Å². The van der Waals surface area contributed by atoms with Crippen LogP contribution < -0.4 is 21.3 Å². The van der Waals surface area contributed by atoms with Crippen molar-refractivity contribution in [2.24, 2.45) is 15.0 Å². The van der Waals surface area contributed by atoms with E-state index in [1.807, 2.05) is 110 Å². The Morgan fingerprint density at radius 3 is 1.30 bits per heavy atom. The molecule has 1 aliphatic rings. The first-order valence-electron chi connectivity index (χ1n) is 26.4. The minimum absolute atomic E-state index is 0.0324. The van der Waals surface area contributed by atoms with Crippen LogP contribution in [0.2, 0.25) is 0 Å². The van der Waals surface area contributed by atoms with Crippen molar-refractivity contribution in [3.05, 3.63) is 167 Å². The van der Waals surface area contributed by atoms with Crippen molar-refractivity contribution in [1.82, 2.24) is 21.3 Å². The lowest BCUT2D eigenvalue weighted by atomic mass is 9.98. The average Bonchev–Trinajstić information content (AvgIpc) is 4.06. The molecule has 6 rings (SSSR count). The largest absolute Gasteiger partial charge is 0.464 e. The zero-order valence-electron chi connectivity index (χ0n) is 44.2. The number of hydrogen-bond acceptors (Lipinski definition) is 14. The number of nitrogens with zero attached hydrogens (tertiary/aromatic N) is 3. The molecule has 0 spiro atoms. The van der Waals surface area contributed by atoms with Crippen LogP contribution in [0.3, 0.4) is 0 Å². The molecule has 18 nitrogen and oxygen atoms in total. The Morgan fingerprint density at radius 2 is 0.899 bits per heavy atom. The third-order valence-electron chi connectivity index (χ3n) is 12.3.